The molecule has 2 aromatic rings. The van der Waals surface area contributed by atoms with Gasteiger partial charge in [-0.2, -0.15) is 0 Å². The van der Waals surface area contributed by atoms with Gasteiger partial charge in [0.15, 0.2) is 11.6 Å². The fraction of sp³-hybridized carbons (Fsp3) is 0.550. The number of benzene rings is 1. The molecule has 0 saturated heterocycles. The number of carbonyl (C=O) groups is 1. The van der Waals surface area contributed by atoms with Crippen molar-refractivity contribution in [3.05, 3.63) is 29.2 Å². The number of aromatic amines is 1. The number of amides is 1. The van der Waals surface area contributed by atoms with Crippen LogP contribution in [0.4, 0.5) is 9.18 Å². The van der Waals surface area contributed by atoms with Gasteiger partial charge in [0.25, 0.3) is 0 Å². The lowest BCUT2D eigenvalue weighted by atomic mass is 9.86. The van der Waals surface area contributed by atoms with E-state index in [9.17, 15) is 14.3 Å². The molecule has 2 N–H and O–H groups in total. The Morgan fingerprint density at radius 2 is 2.15 bits per heavy atom. The van der Waals surface area contributed by atoms with Crippen molar-refractivity contribution in [2.45, 2.75) is 52.0 Å². The Bertz CT molecular complexity index is 838. The van der Waals surface area contributed by atoms with E-state index in [0.717, 1.165) is 35.0 Å². The fourth-order valence-corrected chi connectivity index (χ4v) is 4.12. The monoisotopic (exact) mass is 362 g/mol. The summed E-state index contributed by atoms with van der Waals surface area (Å²) >= 11 is 0. The first kappa shape index (κ1) is 18.5. The zero-order valence-electron chi connectivity index (χ0n) is 16.0. The van der Waals surface area contributed by atoms with Crippen molar-refractivity contribution in [1.29, 1.82) is 0 Å². The molecule has 1 aliphatic rings. The van der Waals surface area contributed by atoms with E-state index in [1.807, 2.05) is 20.8 Å². The molecule has 1 aliphatic carbocycles. The number of rotatable bonds is 4. The van der Waals surface area contributed by atoms with E-state index in [0.29, 0.717) is 6.54 Å². The number of halogens is 1. The van der Waals surface area contributed by atoms with E-state index < -0.39 is 11.6 Å². The first-order chi connectivity index (χ1) is 12.1. The molecule has 0 fully saturated rings. The van der Waals surface area contributed by atoms with Gasteiger partial charge in [0, 0.05) is 34.7 Å². The molecule has 142 valence electrons. The Kier molecular flexibility index (Phi) is 4.63. The van der Waals surface area contributed by atoms with Gasteiger partial charge in [-0.05, 0) is 57.1 Å². The summed E-state index contributed by atoms with van der Waals surface area (Å²) in [5, 5.41) is 10.5. The van der Waals surface area contributed by atoms with Gasteiger partial charge in [-0.15, -0.1) is 0 Å². The number of hydrogen-bond donors (Lipinski definition) is 2. The molecular formula is C20H27FN2O3. The van der Waals surface area contributed by atoms with Crippen molar-refractivity contribution < 1.29 is 19.0 Å². The van der Waals surface area contributed by atoms with Crippen LogP contribution in [0, 0.1) is 11.7 Å². The van der Waals surface area contributed by atoms with Gasteiger partial charge < -0.3 is 19.7 Å². The van der Waals surface area contributed by atoms with Crippen LogP contribution in [0.3, 0.4) is 0 Å². The van der Waals surface area contributed by atoms with Gasteiger partial charge in [0.2, 0.25) is 0 Å². The minimum atomic E-state index is -0.905. The normalized spacial score (nSPS) is 18.0. The van der Waals surface area contributed by atoms with Gasteiger partial charge in [-0.3, -0.25) is 0 Å². The molecule has 0 bridgehead atoms. The number of H-pyrrole nitrogens is 1. The molecule has 2 atom stereocenters. The Hall–Kier alpha value is -2.24. The maximum absolute atomic E-state index is 14.2. The first-order valence-electron chi connectivity index (χ1n) is 9.02. The number of carboxylic acid groups (broad SMARTS) is 1. The van der Waals surface area contributed by atoms with Crippen LogP contribution in [-0.2, 0) is 6.42 Å². The predicted octanol–water partition coefficient (Wildman–Crippen LogP) is 4.76. The molecule has 6 heteroatoms. The maximum Gasteiger partial charge on any atom is 0.407 e. The van der Waals surface area contributed by atoms with Crippen LogP contribution in [0.1, 0.15) is 51.3 Å². The van der Waals surface area contributed by atoms with Crippen molar-refractivity contribution >= 4 is 17.0 Å². The molecule has 0 radical (unpaired) electrons. The Morgan fingerprint density at radius 3 is 2.73 bits per heavy atom. The molecule has 5 nitrogen and oxygen atoms in total. The SMILES string of the molecule is COc1cc2[nH]c3c(c2cc1F)C(C(C)CN(C(=O)O)C(C)(C)C)CC3. The minimum absolute atomic E-state index is 0.135. The zero-order chi connectivity index (χ0) is 19.2. The number of nitrogens with one attached hydrogen (secondary N) is 1. The second-order valence-corrected chi connectivity index (χ2v) is 8.24. The lowest BCUT2D eigenvalue weighted by Crippen LogP contribution is -2.47. The van der Waals surface area contributed by atoms with Crippen LogP contribution in [0.2, 0.25) is 0 Å². The van der Waals surface area contributed by atoms with Gasteiger partial charge in [0.1, 0.15) is 0 Å². The van der Waals surface area contributed by atoms with E-state index >= 15 is 0 Å². The van der Waals surface area contributed by atoms with Crippen molar-refractivity contribution in [1.82, 2.24) is 9.88 Å². The third-order valence-electron chi connectivity index (χ3n) is 5.47. The predicted molar refractivity (Wildman–Crippen MR) is 99.5 cm³/mol. The second kappa shape index (κ2) is 6.49. The Balaban J connectivity index is 1.94. The van der Waals surface area contributed by atoms with Crippen LogP contribution >= 0.6 is 0 Å². The maximum atomic E-state index is 14.2. The average Bonchev–Trinajstić information content (AvgIpc) is 3.09. The molecule has 1 amide bonds. The number of fused-ring (bicyclic) bond motifs is 3. The highest BCUT2D eigenvalue weighted by molar-refractivity contribution is 5.87. The number of aryl methyl sites for hydroxylation is 1. The number of methoxy groups -OCH3 is 1. The smallest absolute Gasteiger partial charge is 0.407 e. The number of aromatic nitrogens is 1. The third-order valence-corrected chi connectivity index (χ3v) is 5.47. The van der Waals surface area contributed by atoms with Gasteiger partial charge in [-0.25, -0.2) is 9.18 Å². The summed E-state index contributed by atoms with van der Waals surface area (Å²) in [6.07, 6.45) is 0.937. The molecule has 3 rings (SSSR count). The van der Waals surface area contributed by atoms with E-state index in [1.165, 1.54) is 18.1 Å². The van der Waals surface area contributed by atoms with Crippen LogP contribution in [0.25, 0.3) is 10.9 Å². The molecule has 0 saturated carbocycles. The van der Waals surface area contributed by atoms with Gasteiger partial charge in [0.05, 0.1) is 7.11 Å². The number of hydrogen-bond acceptors (Lipinski definition) is 2. The number of ether oxygens (including phenoxy) is 1. The van der Waals surface area contributed by atoms with Crippen LogP contribution in [-0.4, -0.2) is 40.3 Å². The fourth-order valence-electron chi connectivity index (χ4n) is 4.12. The molecular weight excluding hydrogens is 335 g/mol. The van der Waals surface area contributed by atoms with Crippen LogP contribution in [0.15, 0.2) is 12.1 Å². The summed E-state index contributed by atoms with van der Waals surface area (Å²) in [6.45, 7) is 8.25. The Morgan fingerprint density at radius 1 is 1.46 bits per heavy atom. The van der Waals surface area contributed by atoms with Crippen molar-refractivity contribution in [2.75, 3.05) is 13.7 Å². The Labute approximate surface area is 153 Å². The van der Waals surface area contributed by atoms with Crippen LogP contribution in [0.5, 0.6) is 5.75 Å². The summed E-state index contributed by atoms with van der Waals surface area (Å²) < 4.78 is 19.3. The average molecular weight is 362 g/mol. The summed E-state index contributed by atoms with van der Waals surface area (Å²) in [7, 11) is 1.46. The van der Waals surface area contributed by atoms with Crippen molar-refractivity contribution in [2.24, 2.45) is 5.92 Å². The molecule has 2 unspecified atom stereocenters. The van der Waals surface area contributed by atoms with Gasteiger partial charge in [-0.1, -0.05) is 6.92 Å². The lowest BCUT2D eigenvalue weighted by molar-refractivity contribution is 0.0873. The molecule has 0 aliphatic heterocycles. The highest BCUT2D eigenvalue weighted by atomic mass is 19.1. The standard InChI is InChI=1S/C20H27FN2O3/c1-11(10-23(19(24)25)20(2,3)4)12-6-7-15-18(12)13-8-14(21)17(26-5)9-16(13)22-15/h8-9,11-12,22H,6-7,10H2,1-5H3,(H,24,25). The second-order valence-electron chi connectivity index (χ2n) is 8.24. The molecule has 1 aromatic heterocycles. The first-order valence-corrected chi connectivity index (χ1v) is 9.02. The van der Waals surface area contributed by atoms with Crippen LogP contribution < -0.4 is 4.74 Å². The largest absolute Gasteiger partial charge is 0.494 e. The molecule has 1 heterocycles. The van der Waals surface area contributed by atoms with E-state index in [4.69, 9.17) is 4.74 Å². The summed E-state index contributed by atoms with van der Waals surface area (Å²) in [4.78, 5) is 16.6. The molecule has 1 aromatic carbocycles. The lowest BCUT2D eigenvalue weighted by Gasteiger charge is -2.36. The zero-order valence-corrected chi connectivity index (χ0v) is 16.0. The van der Waals surface area contributed by atoms with Crippen molar-refractivity contribution in [3.63, 3.8) is 0 Å². The molecule has 26 heavy (non-hydrogen) atoms. The molecule has 0 spiro atoms. The van der Waals surface area contributed by atoms with E-state index in [2.05, 4.69) is 11.9 Å². The number of nitrogens with zero attached hydrogens (tertiary/aromatic N) is 1. The highest BCUT2D eigenvalue weighted by Gasteiger charge is 2.35. The summed E-state index contributed by atoms with van der Waals surface area (Å²) in [5.41, 5.74) is 2.67. The summed E-state index contributed by atoms with van der Waals surface area (Å²) in [6, 6.07) is 3.23. The topological polar surface area (TPSA) is 65.6 Å². The van der Waals surface area contributed by atoms with E-state index in [1.54, 1.807) is 6.07 Å². The van der Waals surface area contributed by atoms with Crippen molar-refractivity contribution in [3.8, 4) is 5.75 Å². The minimum Gasteiger partial charge on any atom is -0.494 e. The highest BCUT2D eigenvalue weighted by Crippen LogP contribution is 2.44. The quantitative estimate of drug-likeness (QED) is 0.824. The third kappa shape index (κ3) is 3.13. The van der Waals surface area contributed by atoms with E-state index in [-0.39, 0.29) is 23.4 Å². The summed E-state index contributed by atoms with van der Waals surface area (Å²) in [5.74, 6) is 0.195. The van der Waals surface area contributed by atoms with Gasteiger partial charge >= 0.3 is 6.09 Å².